The predicted octanol–water partition coefficient (Wildman–Crippen LogP) is 5.66. The number of carbonyl (C=O) groups is 1. The van der Waals surface area contributed by atoms with E-state index in [1.54, 1.807) is 23.7 Å². The van der Waals surface area contributed by atoms with Crippen LogP contribution in [0.15, 0.2) is 36.4 Å². The zero-order valence-corrected chi connectivity index (χ0v) is 19.6. The number of aryl methyl sites for hydroxylation is 2. The number of fused-ring (bicyclic) bond motifs is 1. The molecule has 0 radical (unpaired) electrons. The summed E-state index contributed by atoms with van der Waals surface area (Å²) in [6, 6.07) is 8.20. The highest BCUT2D eigenvalue weighted by Gasteiger charge is 2.32. The zero-order chi connectivity index (χ0) is 24.0. The largest absolute Gasteiger partial charge is 0.334 e. The number of amides is 1. The van der Waals surface area contributed by atoms with E-state index in [0.717, 1.165) is 46.8 Å². The molecule has 1 unspecified atom stereocenters. The van der Waals surface area contributed by atoms with Gasteiger partial charge in [-0.2, -0.15) is 0 Å². The Kier molecular flexibility index (Phi) is 5.89. The van der Waals surface area contributed by atoms with Crippen LogP contribution in [0.2, 0.25) is 0 Å². The zero-order valence-electron chi connectivity index (χ0n) is 18.8. The van der Waals surface area contributed by atoms with Crippen LogP contribution in [0, 0.1) is 24.4 Å². The van der Waals surface area contributed by atoms with Crippen molar-refractivity contribution in [1.82, 2.24) is 19.4 Å². The lowest BCUT2D eigenvalue weighted by Gasteiger charge is -2.35. The number of imidazole rings is 1. The van der Waals surface area contributed by atoms with Gasteiger partial charge in [-0.25, -0.2) is 23.1 Å². The molecule has 4 aromatic rings. The van der Waals surface area contributed by atoms with Crippen molar-refractivity contribution in [3.63, 3.8) is 0 Å². The van der Waals surface area contributed by atoms with Crippen molar-refractivity contribution < 1.29 is 18.0 Å². The molecule has 176 valence electrons. The molecule has 2 aromatic carbocycles. The average Bonchev–Trinajstić information content (AvgIpc) is 3.35. The molecule has 1 atom stereocenters. The highest BCUT2D eigenvalue weighted by molar-refractivity contribution is 7.15. The minimum atomic E-state index is -0.932. The highest BCUT2D eigenvalue weighted by atomic mass is 32.1. The Bertz CT molecular complexity index is 1380. The second kappa shape index (κ2) is 8.87. The number of hydrogen-bond donors (Lipinski definition) is 0. The summed E-state index contributed by atoms with van der Waals surface area (Å²) in [6.07, 6.45) is 3.13. The van der Waals surface area contributed by atoms with Crippen molar-refractivity contribution in [2.45, 2.75) is 38.6 Å². The van der Waals surface area contributed by atoms with Crippen LogP contribution in [-0.4, -0.2) is 37.9 Å². The second-order valence-corrected chi connectivity index (χ2v) is 9.82. The van der Waals surface area contributed by atoms with Crippen molar-refractivity contribution in [3.05, 3.63) is 70.4 Å². The summed E-state index contributed by atoms with van der Waals surface area (Å²) in [5.74, 6) is -1.68. The van der Waals surface area contributed by atoms with Crippen LogP contribution >= 0.6 is 11.3 Å². The molecule has 2 aromatic heterocycles. The number of aromatic nitrogens is 3. The van der Waals surface area contributed by atoms with E-state index in [2.05, 4.69) is 9.97 Å². The standard InChI is InChI=1S/C25H23F3N4OS/c1-14-29-23(24(34-14)15-6-8-16(26)9-7-15)25(33)32-10-4-3-5-17(32)11-22-30-20-12-18(27)19(28)13-21(20)31(22)2/h6-9,12-13,17H,3-5,10-11H2,1-2H3. The molecular formula is C25H23F3N4OS. The maximum Gasteiger partial charge on any atom is 0.274 e. The van der Waals surface area contributed by atoms with E-state index >= 15 is 0 Å². The Morgan fingerprint density at radius 2 is 1.82 bits per heavy atom. The average molecular weight is 485 g/mol. The van der Waals surface area contributed by atoms with Gasteiger partial charge in [-0.15, -0.1) is 11.3 Å². The van der Waals surface area contributed by atoms with Gasteiger partial charge in [0.05, 0.1) is 20.9 Å². The number of rotatable bonds is 4. The summed E-state index contributed by atoms with van der Waals surface area (Å²) in [6.45, 7) is 2.44. The Morgan fingerprint density at radius 1 is 1.09 bits per heavy atom. The second-order valence-electron chi connectivity index (χ2n) is 8.61. The van der Waals surface area contributed by atoms with E-state index in [0.29, 0.717) is 35.5 Å². The third-order valence-electron chi connectivity index (χ3n) is 6.36. The van der Waals surface area contributed by atoms with E-state index in [4.69, 9.17) is 0 Å². The number of piperidine rings is 1. The summed E-state index contributed by atoms with van der Waals surface area (Å²) in [5.41, 5.74) is 2.02. The first-order valence-electron chi connectivity index (χ1n) is 11.2. The van der Waals surface area contributed by atoms with Gasteiger partial charge in [-0.3, -0.25) is 4.79 Å². The SMILES string of the molecule is Cc1nc(C(=O)N2CCCCC2Cc2nc3cc(F)c(F)cc3n2C)c(-c2ccc(F)cc2)s1. The summed E-state index contributed by atoms with van der Waals surface area (Å²) >= 11 is 1.41. The number of likely N-dealkylation sites (tertiary alicyclic amines) is 1. The molecule has 1 amide bonds. The van der Waals surface area contributed by atoms with Crippen LogP contribution in [0.3, 0.4) is 0 Å². The molecule has 5 rings (SSSR count). The van der Waals surface area contributed by atoms with Gasteiger partial charge >= 0.3 is 0 Å². The summed E-state index contributed by atoms with van der Waals surface area (Å²) in [7, 11) is 1.77. The molecule has 9 heteroatoms. The first kappa shape index (κ1) is 22.6. The molecule has 0 aliphatic carbocycles. The summed E-state index contributed by atoms with van der Waals surface area (Å²) in [5, 5.41) is 0.760. The maximum absolute atomic E-state index is 13.8. The maximum atomic E-state index is 13.8. The molecule has 1 aliphatic heterocycles. The monoisotopic (exact) mass is 484 g/mol. The quantitative estimate of drug-likeness (QED) is 0.376. The van der Waals surface area contributed by atoms with E-state index in [9.17, 15) is 18.0 Å². The van der Waals surface area contributed by atoms with Crippen LogP contribution in [0.5, 0.6) is 0 Å². The molecule has 0 spiro atoms. The number of carbonyl (C=O) groups excluding carboxylic acids is 1. The lowest BCUT2D eigenvalue weighted by atomic mass is 9.98. The number of benzene rings is 2. The lowest BCUT2D eigenvalue weighted by molar-refractivity contribution is 0.0606. The molecule has 34 heavy (non-hydrogen) atoms. The lowest BCUT2D eigenvalue weighted by Crippen LogP contribution is -2.45. The third-order valence-corrected chi connectivity index (χ3v) is 7.38. The van der Waals surface area contributed by atoms with Crippen molar-refractivity contribution in [2.24, 2.45) is 7.05 Å². The van der Waals surface area contributed by atoms with Crippen LogP contribution in [-0.2, 0) is 13.5 Å². The van der Waals surface area contributed by atoms with Crippen molar-refractivity contribution in [3.8, 4) is 10.4 Å². The molecule has 1 fully saturated rings. The first-order chi connectivity index (χ1) is 16.3. The minimum absolute atomic E-state index is 0.116. The molecule has 0 N–H and O–H groups in total. The molecule has 0 bridgehead atoms. The van der Waals surface area contributed by atoms with E-state index in [-0.39, 0.29) is 17.8 Å². The van der Waals surface area contributed by atoms with E-state index < -0.39 is 11.6 Å². The first-order valence-corrected chi connectivity index (χ1v) is 12.0. The van der Waals surface area contributed by atoms with E-state index in [1.807, 2.05) is 11.8 Å². The van der Waals surface area contributed by atoms with Crippen molar-refractivity contribution >= 4 is 28.3 Å². The summed E-state index contributed by atoms with van der Waals surface area (Å²) < 4.78 is 42.6. The van der Waals surface area contributed by atoms with Crippen LogP contribution in [0.4, 0.5) is 13.2 Å². The number of thiazole rings is 1. The Balaban J connectivity index is 1.46. The van der Waals surface area contributed by atoms with Gasteiger partial charge in [0.1, 0.15) is 17.3 Å². The smallest absolute Gasteiger partial charge is 0.274 e. The minimum Gasteiger partial charge on any atom is -0.334 e. The van der Waals surface area contributed by atoms with Gasteiger partial charge < -0.3 is 9.47 Å². The molecule has 5 nitrogen and oxygen atoms in total. The van der Waals surface area contributed by atoms with Crippen molar-refractivity contribution in [1.29, 1.82) is 0 Å². The van der Waals surface area contributed by atoms with Crippen LogP contribution in [0.25, 0.3) is 21.5 Å². The normalized spacial score (nSPS) is 16.4. The van der Waals surface area contributed by atoms with Gasteiger partial charge in [-0.05, 0) is 43.9 Å². The summed E-state index contributed by atoms with van der Waals surface area (Å²) in [4.78, 5) is 25.3. The number of hydrogen-bond acceptors (Lipinski definition) is 4. The third kappa shape index (κ3) is 4.09. The van der Waals surface area contributed by atoms with Crippen molar-refractivity contribution in [2.75, 3.05) is 6.54 Å². The molecule has 0 saturated carbocycles. The fraction of sp³-hybridized carbons (Fsp3) is 0.320. The number of nitrogens with zero attached hydrogens (tertiary/aromatic N) is 4. The topological polar surface area (TPSA) is 51.0 Å². The fourth-order valence-electron chi connectivity index (χ4n) is 4.62. The van der Waals surface area contributed by atoms with Crippen LogP contribution in [0.1, 0.15) is 40.6 Å². The molecule has 1 aliphatic rings. The van der Waals surface area contributed by atoms with Gasteiger partial charge in [-0.1, -0.05) is 12.1 Å². The highest BCUT2D eigenvalue weighted by Crippen LogP contribution is 2.33. The Hall–Kier alpha value is -3.20. The van der Waals surface area contributed by atoms with Crippen LogP contribution < -0.4 is 0 Å². The van der Waals surface area contributed by atoms with Gasteiger partial charge in [0, 0.05) is 38.2 Å². The number of halogens is 3. The predicted molar refractivity (Wildman–Crippen MR) is 125 cm³/mol. The van der Waals surface area contributed by atoms with Gasteiger partial charge in [0.2, 0.25) is 0 Å². The Morgan fingerprint density at radius 3 is 2.59 bits per heavy atom. The van der Waals surface area contributed by atoms with E-state index in [1.165, 1.54) is 23.5 Å². The fourth-order valence-corrected chi connectivity index (χ4v) is 5.53. The van der Waals surface area contributed by atoms with Gasteiger partial charge in [0.25, 0.3) is 5.91 Å². The molecule has 1 saturated heterocycles. The molecule has 3 heterocycles. The Labute approximate surface area is 198 Å². The molecular weight excluding hydrogens is 461 g/mol. The van der Waals surface area contributed by atoms with Gasteiger partial charge in [0.15, 0.2) is 11.6 Å².